The van der Waals surface area contributed by atoms with Crippen molar-refractivity contribution in [3.05, 3.63) is 47.0 Å². The van der Waals surface area contributed by atoms with E-state index in [1.54, 1.807) is 0 Å². The molecule has 0 aliphatic carbocycles. The van der Waals surface area contributed by atoms with Crippen molar-refractivity contribution in [2.24, 2.45) is 0 Å². The number of nitrogen functional groups attached to an aromatic ring is 1. The van der Waals surface area contributed by atoms with E-state index in [0.717, 1.165) is 17.2 Å². The van der Waals surface area contributed by atoms with Gasteiger partial charge in [-0.25, -0.2) is 4.57 Å². The molecule has 2 N–H and O–H groups in total. The third-order valence-electron chi connectivity index (χ3n) is 2.15. The average molecular weight is 216 g/mol. The first kappa shape index (κ1) is 9.69. The fourth-order valence-corrected chi connectivity index (χ4v) is 1.93. The number of anilines is 1. The van der Waals surface area contributed by atoms with Gasteiger partial charge in [0, 0.05) is 5.38 Å². The lowest BCUT2D eigenvalue weighted by Gasteiger charge is -1.98. The summed E-state index contributed by atoms with van der Waals surface area (Å²) in [6, 6.07) is 9.62. The summed E-state index contributed by atoms with van der Waals surface area (Å²) in [7, 11) is 0. The van der Waals surface area contributed by atoms with Crippen molar-refractivity contribution < 1.29 is 4.57 Å². The molecule has 0 spiro atoms. The summed E-state index contributed by atoms with van der Waals surface area (Å²) in [5, 5.41) is 11.4. The Kier molecular flexibility index (Phi) is 2.66. The van der Waals surface area contributed by atoms with Crippen LogP contribution in [0.5, 0.6) is 0 Å². The van der Waals surface area contributed by atoms with E-state index in [4.69, 9.17) is 11.0 Å². The minimum absolute atomic E-state index is 0.682. The molecule has 1 aromatic heterocycles. The van der Waals surface area contributed by atoms with Gasteiger partial charge < -0.3 is 0 Å². The molecule has 1 heterocycles. The maximum atomic E-state index is 8.66. The van der Waals surface area contributed by atoms with Gasteiger partial charge >= 0.3 is 5.13 Å². The van der Waals surface area contributed by atoms with E-state index >= 15 is 0 Å². The zero-order chi connectivity index (χ0) is 10.7. The SMILES string of the molecule is N#Cc1ccc(C[n+]2ccsc2N)cc1. The molecule has 4 heteroatoms. The van der Waals surface area contributed by atoms with Crippen molar-refractivity contribution in [3.8, 4) is 6.07 Å². The highest BCUT2D eigenvalue weighted by atomic mass is 32.1. The van der Waals surface area contributed by atoms with Gasteiger partial charge in [-0.2, -0.15) is 5.26 Å². The minimum Gasteiger partial charge on any atom is -0.278 e. The van der Waals surface area contributed by atoms with Crippen LogP contribution in [0.4, 0.5) is 5.13 Å². The fourth-order valence-electron chi connectivity index (χ4n) is 1.33. The Morgan fingerprint density at radius 3 is 2.60 bits per heavy atom. The topological polar surface area (TPSA) is 53.7 Å². The van der Waals surface area contributed by atoms with Gasteiger partial charge in [0.05, 0.1) is 11.6 Å². The third kappa shape index (κ3) is 2.14. The standard InChI is InChI=1S/C11H9N3S/c12-7-9-1-3-10(4-2-9)8-14-5-6-15-11(14)13/h1-6,13H,8H2/p+1. The molecule has 0 fully saturated rings. The Hall–Kier alpha value is -1.86. The molecule has 15 heavy (non-hydrogen) atoms. The minimum atomic E-state index is 0.682. The predicted octanol–water partition coefficient (Wildman–Crippen LogP) is 1.54. The van der Waals surface area contributed by atoms with Gasteiger partial charge in [-0.3, -0.25) is 5.73 Å². The molecule has 0 atom stereocenters. The van der Waals surface area contributed by atoms with E-state index in [9.17, 15) is 0 Å². The number of aromatic nitrogens is 1. The smallest absolute Gasteiger partial charge is 0.278 e. The number of nitrogens with zero attached hydrogens (tertiary/aromatic N) is 2. The molecule has 2 aromatic rings. The molecular formula is C11H10N3S+. The van der Waals surface area contributed by atoms with Crippen molar-refractivity contribution >= 4 is 16.5 Å². The Morgan fingerprint density at radius 2 is 2.07 bits per heavy atom. The Morgan fingerprint density at radius 1 is 1.33 bits per heavy atom. The zero-order valence-corrected chi connectivity index (χ0v) is 8.87. The molecule has 0 saturated carbocycles. The van der Waals surface area contributed by atoms with Gasteiger partial charge in [-0.15, -0.1) is 0 Å². The van der Waals surface area contributed by atoms with E-state index in [0.29, 0.717) is 5.56 Å². The second-order valence-electron chi connectivity index (χ2n) is 3.18. The molecule has 3 nitrogen and oxygen atoms in total. The first-order chi connectivity index (χ1) is 7.29. The number of nitriles is 1. The molecule has 74 valence electrons. The highest BCUT2D eigenvalue weighted by molar-refractivity contribution is 7.12. The Labute approximate surface area is 92.0 Å². The average Bonchev–Trinajstić information content (AvgIpc) is 2.66. The van der Waals surface area contributed by atoms with Crippen LogP contribution in [0, 0.1) is 11.3 Å². The summed E-state index contributed by atoms with van der Waals surface area (Å²) in [5.74, 6) is 0. The van der Waals surface area contributed by atoms with Gasteiger partial charge in [-0.1, -0.05) is 23.5 Å². The lowest BCUT2D eigenvalue weighted by Crippen LogP contribution is -2.34. The number of thiazole rings is 1. The first-order valence-corrected chi connectivity index (χ1v) is 5.39. The van der Waals surface area contributed by atoms with Crippen LogP contribution >= 0.6 is 11.3 Å². The number of rotatable bonds is 2. The highest BCUT2D eigenvalue weighted by Crippen LogP contribution is 2.07. The summed E-state index contributed by atoms with van der Waals surface area (Å²) in [6.45, 7) is 0.751. The molecular weight excluding hydrogens is 206 g/mol. The lowest BCUT2D eigenvalue weighted by molar-refractivity contribution is -0.669. The fraction of sp³-hybridized carbons (Fsp3) is 0.0909. The van der Waals surface area contributed by atoms with Crippen LogP contribution in [-0.2, 0) is 6.54 Å². The van der Waals surface area contributed by atoms with Gasteiger partial charge in [0.1, 0.15) is 12.7 Å². The third-order valence-corrected chi connectivity index (χ3v) is 2.88. The van der Waals surface area contributed by atoms with Gasteiger partial charge in [-0.05, 0) is 17.7 Å². The highest BCUT2D eigenvalue weighted by Gasteiger charge is 2.05. The van der Waals surface area contributed by atoms with E-state index in [1.807, 2.05) is 40.4 Å². The quantitative estimate of drug-likeness (QED) is 0.774. The van der Waals surface area contributed by atoms with Crippen LogP contribution in [0.2, 0.25) is 0 Å². The molecule has 0 aliphatic rings. The maximum Gasteiger partial charge on any atom is 0.331 e. The molecule has 0 aliphatic heterocycles. The second-order valence-corrected chi connectivity index (χ2v) is 4.10. The summed E-state index contributed by atoms with van der Waals surface area (Å²) < 4.78 is 1.98. The Balaban J connectivity index is 2.19. The summed E-state index contributed by atoms with van der Waals surface area (Å²) >= 11 is 1.52. The molecule has 0 amide bonds. The molecule has 2 rings (SSSR count). The number of hydrogen-bond donors (Lipinski definition) is 1. The molecule has 1 aromatic carbocycles. The number of nitrogens with two attached hydrogens (primary N) is 1. The van der Waals surface area contributed by atoms with Crippen molar-refractivity contribution in [2.75, 3.05) is 5.73 Å². The van der Waals surface area contributed by atoms with Crippen LogP contribution in [0.25, 0.3) is 0 Å². The summed E-state index contributed by atoms with van der Waals surface area (Å²) in [6.07, 6.45) is 1.96. The second kappa shape index (κ2) is 4.11. The van der Waals surface area contributed by atoms with Crippen LogP contribution in [-0.4, -0.2) is 0 Å². The van der Waals surface area contributed by atoms with Crippen LogP contribution in [0.3, 0.4) is 0 Å². The number of hydrogen-bond acceptors (Lipinski definition) is 3. The van der Waals surface area contributed by atoms with Gasteiger partial charge in [0.2, 0.25) is 0 Å². The molecule has 0 radical (unpaired) electrons. The predicted molar refractivity (Wildman–Crippen MR) is 59.2 cm³/mol. The first-order valence-electron chi connectivity index (χ1n) is 4.51. The number of benzene rings is 1. The van der Waals surface area contributed by atoms with E-state index in [-0.39, 0.29) is 0 Å². The zero-order valence-electron chi connectivity index (χ0n) is 8.05. The van der Waals surface area contributed by atoms with E-state index in [1.165, 1.54) is 11.3 Å². The van der Waals surface area contributed by atoms with Crippen molar-refractivity contribution in [1.29, 1.82) is 5.26 Å². The lowest BCUT2D eigenvalue weighted by atomic mass is 10.1. The van der Waals surface area contributed by atoms with Gasteiger partial charge in [0.25, 0.3) is 0 Å². The van der Waals surface area contributed by atoms with Crippen LogP contribution < -0.4 is 10.3 Å². The normalized spacial score (nSPS) is 9.80. The summed E-state index contributed by atoms with van der Waals surface area (Å²) in [5.41, 5.74) is 7.60. The monoisotopic (exact) mass is 216 g/mol. The van der Waals surface area contributed by atoms with Gasteiger partial charge in [0.15, 0.2) is 0 Å². The molecule has 0 bridgehead atoms. The largest absolute Gasteiger partial charge is 0.331 e. The van der Waals surface area contributed by atoms with E-state index < -0.39 is 0 Å². The van der Waals surface area contributed by atoms with Crippen molar-refractivity contribution in [1.82, 2.24) is 0 Å². The Bertz CT molecular complexity index is 493. The molecule has 0 saturated heterocycles. The van der Waals surface area contributed by atoms with Crippen LogP contribution in [0.1, 0.15) is 11.1 Å². The van der Waals surface area contributed by atoms with Crippen LogP contribution in [0.15, 0.2) is 35.8 Å². The van der Waals surface area contributed by atoms with E-state index in [2.05, 4.69) is 6.07 Å². The molecule has 0 unspecified atom stereocenters. The van der Waals surface area contributed by atoms with Crippen molar-refractivity contribution in [3.63, 3.8) is 0 Å². The maximum absolute atomic E-state index is 8.66. The van der Waals surface area contributed by atoms with Crippen molar-refractivity contribution in [2.45, 2.75) is 6.54 Å². The summed E-state index contributed by atoms with van der Waals surface area (Å²) in [4.78, 5) is 0.